The third-order valence-electron chi connectivity index (χ3n) is 2.37. The van der Waals surface area contributed by atoms with Crippen LogP contribution < -0.4 is 0 Å². The van der Waals surface area contributed by atoms with Crippen molar-refractivity contribution in [3.8, 4) is 0 Å². The lowest BCUT2D eigenvalue weighted by Gasteiger charge is -2.00. The van der Waals surface area contributed by atoms with E-state index in [-0.39, 0.29) is 0 Å². The summed E-state index contributed by atoms with van der Waals surface area (Å²) in [6, 6.07) is 8.10. The first kappa shape index (κ1) is 7.44. The van der Waals surface area contributed by atoms with Crippen LogP contribution in [0.1, 0.15) is 0 Å². The van der Waals surface area contributed by atoms with Crippen molar-refractivity contribution in [3.05, 3.63) is 49.1 Å². The molecule has 0 unspecified atom stereocenters. The Kier molecular flexibility index (Phi) is 1.47. The van der Waals surface area contributed by atoms with Crippen molar-refractivity contribution in [2.75, 3.05) is 0 Å². The van der Waals surface area contributed by atoms with Crippen LogP contribution in [0.3, 0.4) is 0 Å². The Hall–Kier alpha value is -1.96. The van der Waals surface area contributed by atoms with E-state index in [9.17, 15) is 0 Å². The molecule has 2 nitrogen and oxygen atoms in total. The monoisotopic (exact) mass is 179 g/mol. The highest BCUT2D eigenvalue weighted by atomic mass is 14.6. The molecule has 14 heavy (non-hydrogen) atoms. The number of hydrogen-bond donors (Lipinski definition) is 0. The van der Waals surface area contributed by atoms with Gasteiger partial charge >= 0.3 is 0 Å². The Bertz CT molecular complexity index is 547. The summed E-state index contributed by atoms with van der Waals surface area (Å²) in [7, 11) is 0. The van der Waals surface area contributed by atoms with Crippen LogP contribution >= 0.6 is 0 Å². The fourth-order valence-electron chi connectivity index (χ4n) is 1.68. The largest absolute Gasteiger partial charge is 0.264 e. The van der Waals surface area contributed by atoms with Gasteiger partial charge in [0.25, 0.3) is 0 Å². The molecule has 0 aliphatic heterocycles. The first-order valence-electron chi connectivity index (χ1n) is 4.44. The highest BCUT2D eigenvalue weighted by Crippen LogP contribution is 2.22. The summed E-state index contributed by atoms with van der Waals surface area (Å²) in [5, 5.41) is 4.55. The van der Waals surface area contributed by atoms with E-state index in [0.717, 1.165) is 16.2 Å². The maximum absolute atomic E-state index is 4.13. The second-order valence-corrected chi connectivity index (χ2v) is 3.18. The van der Waals surface area contributed by atoms with Crippen molar-refractivity contribution < 1.29 is 0 Å². The first-order chi connectivity index (χ1) is 6.95. The molecule has 3 aromatic rings. The molecule has 2 heterocycles. The molecular weight excluding hydrogens is 172 g/mol. The van der Waals surface area contributed by atoms with Gasteiger partial charge in [0.05, 0.1) is 6.20 Å². The third-order valence-corrected chi connectivity index (χ3v) is 2.37. The van der Waals surface area contributed by atoms with E-state index in [1.807, 2.05) is 24.4 Å². The van der Waals surface area contributed by atoms with Gasteiger partial charge in [0.1, 0.15) is 0 Å². The maximum atomic E-state index is 4.13. The highest BCUT2D eigenvalue weighted by molar-refractivity contribution is 6.06. The molecule has 65 valence electrons. The van der Waals surface area contributed by atoms with Crippen molar-refractivity contribution in [3.63, 3.8) is 0 Å². The zero-order valence-electron chi connectivity index (χ0n) is 7.44. The van der Waals surface area contributed by atoms with Gasteiger partial charge in [-0.2, -0.15) is 0 Å². The van der Waals surface area contributed by atoms with Gasteiger partial charge in [0.2, 0.25) is 0 Å². The summed E-state index contributed by atoms with van der Waals surface area (Å²) < 4.78 is 0. The van der Waals surface area contributed by atoms with Crippen molar-refractivity contribution in [1.82, 2.24) is 9.97 Å². The van der Waals surface area contributed by atoms with Crippen molar-refractivity contribution in [2.24, 2.45) is 0 Å². The topological polar surface area (TPSA) is 25.8 Å². The number of aromatic nitrogens is 2. The Morgan fingerprint density at radius 2 is 1.93 bits per heavy atom. The van der Waals surface area contributed by atoms with E-state index in [4.69, 9.17) is 0 Å². The van der Waals surface area contributed by atoms with Crippen LogP contribution in [-0.4, -0.2) is 9.97 Å². The van der Waals surface area contributed by atoms with Gasteiger partial charge in [-0.1, -0.05) is 12.1 Å². The lowest BCUT2D eigenvalue weighted by Crippen LogP contribution is -1.80. The van der Waals surface area contributed by atoms with Gasteiger partial charge in [-0.15, -0.1) is 0 Å². The lowest BCUT2D eigenvalue weighted by atomic mass is 10.1. The SMILES string of the molecule is [c]1nccc2c1ccc1ccncc12. The summed E-state index contributed by atoms with van der Waals surface area (Å²) in [5.74, 6) is 0. The smallest absolute Gasteiger partial charge is 0.0971 e. The first-order valence-corrected chi connectivity index (χ1v) is 4.44. The Morgan fingerprint density at radius 1 is 0.929 bits per heavy atom. The van der Waals surface area contributed by atoms with Crippen LogP contribution in [0, 0.1) is 6.20 Å². The molecule has 1 radical (unpaired) electrons. The molecule has 0 saturated heterocycles. The van der Waals surface area contributed by atoms with E-state index in [2.05, 4.69) is 22.2 Å². The second-order valence-electron chi connectivity index (χ2n) is 3.18. The predicted molar refractivity (Wildman–Crippen MR) is 55.9 cm³/mol. The average Bonchev–Trinajstić information content (AvgIpc) is 2.29. The number of rotatable bonds is 0. The number of nitrogens with zero attached hydrogens (tertiary/aromatic N) is 2. The molecule has 0 N–H and O–H groups in total. The standard InChI is InChI=1S/C12H7N2/c1-2-10-7-13-6-4-11(10)12-8-14-5-3-9(1)12/h1-6,8H. The Labute approximate surface area is 81.2 Å². The van der Waals surface area contributed by atoms with E-state index in [1.165, 1.54) is 5.39 Å². The van der Waals surface area contributed by atoms with Crippen molar-refractivity contribution >= 4 is 21.5 Å². The van der Waals surface area contributed by atoms with Gasteiger partial charge in [-0.25, -0.2) is 0 Å². The van der Waals surface area contributed by atoms with Gasteiger partial charge < -0.3 is 0 Å². The summed E-state index contributed by atoms with van der Waals surface area (Å²) in [6.07, 6.45) is 8.41. The van der Waals surface area contributed by atoms with E-state index in [0.29, 0.717) is 0 Å². The van der Waals surface area contributed by atoms with Gasteiger partial charge in [-0.05, 0) is 22.9 Å². The Morgan fingerprint density at radius 3 is 2.93 bits per heavy atom. The van der Waals surface area contributed by atoms with E-state index >= 15 is 0 Å². The molecule has 0 atom stereocenters. The molecule has 0 aliphatic rings. The minimum Gasteiger partial charge on any atom is -0.264 e. The molecule has 0 aliphatic carbocycles. The van der Waals surface area contributed by atoms with E-state index in [1.54, 1.807) is 12.4 Å². The minimum absolute atomic E-state index is 1.04. The van der Waals surface area contributed by atoms with Crippen LogP contribution in [0.2, 0.25) is 0 Å². The van der Waals surface area contributed by atoms with Crippen LogP contribution in [0.25, 0.3) is 21.5 Å². The summed E-state index contributed by atoms with van der Waals surface area (Å²) in [6.45, 7) is 0. The summed E-state index contributed by atoms with van der Waals surface area (Å²) in [4.78, 5) is 8.10. The third kappa shape index (κ3) is 0.973. The van der Waals surface area contributed by atoms with Gasteiger partial charge in [0.15, 0.2) is 0 Å². The maximum Gasteiger partial charge on any atom is 0.0971 e. The zero-order valence-corrected chi connectivity index (χ0v) is 7.44. The minimum atomic E-state index is 1.04. The molecule has 0 amide bonds. The fourth-order valence-corrected chi connectivity index (χ4v) is 1.68. The van der Waals surface area contributed by atoms with Crippen LogP contribution in [0.5, 0.6) is 0 Å². The fraction of sp³-hybridized carbons (Fsp3) is 0. The molecule has 0 fully saturated rings. The average molecular weight is 179 g/mol. The van der Waals surface area contributed by atoms with Gasteiger partial charge in [0, 0.05) is 29.4 Å². The normalized spacial score (nSPS) is 10.9. The number of pyridine rings is 2. The number of benzene rings is 1. The molecule has 3 rings (SSSR count). The molecule has 2 heteroatoms. The molecular formula is C12H7N2. The summed E-state index contributed by atoms with van der Waals surface area (Å²) >= 11 is 0. The van der Waals surface area contributed by atoms with Gasteiger partial charge in [-0.3, -0.25) is 9.97 Å². The predicted octanol–water partition coefficient (Wildman–Crippen LogP) is 2.58. The van der Waals surface area contributed by atoms with Crippen LogP contribution in [0.15, 0.2) is 42.9 Å². The highest BCUT2D eigenvalue weighted by Gasteiger charge is 1.98. The number of hydrogen-bond acceptors (Lipinski definition) is 2. The Balaban J connectivity index is 2.61. The zero-order chi connectivity index (χ0) is 9.38. The molecule has 2 aromatic heterocycles. The van der Waals surface area contributed by atoms with Crippen molar-refractivity contribution in [2.45, 2.75) is 0 Å². The van der Waals surface area contributed by atoms with Crippen molar-refractivity contribution in [1.29, 1.82) is 0 Å². The second kappa shape index (κ2) is 2.77. The van der Waals surface area contributed by atoms with Crippen LogP contribution in [-0.2, 0) is 0 Å². The summed E-state index contributed by atoms with van der Waals surface area (Å²) in [5.41, 5.74) is 0. The lowest BCUT2D eigenvalue weighted by molar-refractivity contribution is 1.34. The molecule has 0 spiro atoms. The van der Waals surface area contributed by atoms with E-state index < -0.39 is 0 Å². The number of fused-ring (bicyclic) bond motifs is 3. The quantitative estimate of drug-likeness (QED) is 0.496. The van der Waals surface area contributed by atoms with Crippen LogP contribution in [0.4, 0.5) is 0 Å². The molecule has 0 saturated carbocycles. The molecule has 0 bridgehead atoms. The molecule has 1 aromatic carbocycles.